The zero-order valence-corrected chi connectivity index (χ0v) is 5.79. The maximum Gasteiger partial charge on any atom is 0.334 e. The maximum absolute atomic E-state index is 10.8. The maximum atomic E-state index is 10.8. The Hall–Kier alpha value is -1.31. The van der Waals surface area contributed by atoms with Crippen LogP contribution < -0.4 is 10.8 Å². The van der Waals surface area contributed by atoms with Gasteiger partial charge in [-0.05, 0) is 0 Å². The molecule has 0 aromatic heterocycles. The van der Waals surface area contributed by atoms with Crippen LogP contribution in [0.1, 0.15) is 0 Å². The molecular weight excluding hydrogens is 152 g/mol. The van der Waals surface area contributed by atoms with E-state index in [0.29, 0.717) is 5.06 Å². The first-order valence-electron chi connectivity index (χ1n) is 2.75. The van der Waals surface area contributed by atoms with Crippen LogP contribution in [-0.2, 0) is 4.74 Å². The number of nitrogens with one attached hydrogen (secondary N) is 2. The Labute approximate surface area is 62.3 Å². The molecule has 5 N–H and O–H groups in total. The summed E-state index contributed by atoms with van der Waals surface area (Å²) in [7, 11) is 1.25. The smallest absolute Gasteiger partial charge is 0.334 e. The van der Waals surface area contributed by atoms with Crippen LogP contribution in [0.2, 0.25) is 0 Å². The van der Waals surface area contributed by atoms with Crippen molar-refractivity contribution in [1.29, 1.82) is 5.41 Å². The van der Waals surface area contributed by atoms with Gasteiger partial charge in [0, 0.05) is 0 Å². The third-order valence-electron chi connectivity index (χ3n) is 1.29. The van der Waals surface area contributed by atoms with Crippen LogP contribution in [0.4, 0.5) is 0 Å². The highest BCUT2D eigenvalue weighted by Gasteiger charge is 2.35. The number of nitrogens with two attached hydrogens (primary N) is 1. The van der Waals surface area contributed by atoms with Crippen molar-refractivity contribution < 1.29 is 15.0 Å². The second kappa shape index (κ2) is 2.38. The Bertz CT molecular complexity index is 225. The average molecular weight is 160 g/mol. The number of hydrogen-bond donors (Lipinski definition) is 4. The van der Waals surface area contributed by atoms with Crippen molar-refractivity contribution in [3.05, 3.63) is 16.9 Å². The Morgan fingerprint density at radius 2 is 2.36 bits per heavy atom. The minimum Gasteiger partial charge on any atom is -0.620 e. The molecule has 7 nitrogen and oxygen atoms in total. The van der Waals surface area contributed by atoms with Gasteiger partial charge in [0.1, 0.15) is 0 Å². The lowest BCUT2D eigenvalue weighted by Gasteiger charge is -2.13. The summed E-state index contributed by atoms with van der Waals surface area (Å²) < 4.78 is 4.55. The summed E-state index contributed by atoms with van der Waals surface area (Å²) >= 11 is 0. The summed E-state index contributed by atoms with van der Waals surface area (Å²) in [4.78, 5) is 0. The Kier molecular flexibility index (Phi) is 1.69. The van der Waals surface area contributed by atoms with Crippen molar-refractivity contribution in [1.82, 2.24) is 5.06 Å². The molecule has 0 saturated heterocycles. The number of hydrogen-bond acceptors (Lipinski definition) is 5. The molecule has 1 rings (SSSR count). The van der Waals surface area contributed by atoms with Gasteiger partial charge in [-0.3, -0.25) is 10.3 Å². The predicted octanol–water partition coefficient (Wildman–Crippen LogP) is -2.26. The van der Waals surface area contributed by atoms with Crippen LogP contribution in [-0.4, -0.2) is 23.3 Å². The molecule has 62 valence electrons. The molecule has 1 aliphatic rings. The van der Waals surface area contributed by atoms with Gasteiger partial charge < -0.3 is 15.7 Å². The third kappa shape index (κ3) is 0.909. The largest absolute Gasteiger partial charge is 0.620 e. The SMILES string of the molecule is COC1=C(N)[NH+]([O-])C(=N)N1O. The fraction of sp³-hybridized carbons (Fsp3) is 0.250. The first-order chi connectivity index (χ1) is 5.09. The molecule has 0 aromatic carbocycles. The summed E-state index contributed by atoms with van der Waals surface area (Å²) in [6.07, 6.45) is 0. The zero-order chi connectivity index (χ0) is 8.59. The quantitative estimate of drug-likeness (QED) is 0.323. The van der Waals surface area contributed by atoms with Crippen molar-refractivity contribution >= 4 is 5.96 Å². The number of hydroxylamine groups is 4. The summed E-state index contributed by atoms with van der Waals surface area (Å²) in [5.41, 5.74) is 5.18. The first kappa shape index (κ1) is 7.79. The van der Waals surface area contributed by atoms with Gasteiger partial charge in [0.15, 0.2) is 0 Å². The van der Waals surface area contributed by atoms with E-state index in [2.05, 4.69) is 4.74 Å². The Morgan fingerprint density at radius 1 is 1.82 bits per heavy atom. The van der Waals surface area contributed by atoms with Crippen molar-refractivity contribution in [3.63, 3.8) is 0 Å². The molecule has 1 unspecified atom stereocenters. The van der Waals surface area contributed by atoms with Crippen LogP contribution in [0, 0.1) is 10.6 Å². The van der Waals surface area contributed by atoms with Crippen molar-refractivity contribution in [2.24, 2.45) is 5.73 Å². The number of quaternary nitrogens is 1. The number of nitrogens with zero attached hydrogens (tertiary/aromatic N) is 1. The highest BCUT2D eigenvalue weighted by atomic mass is 16.6. The fourth-order valence-corrected chi connectivity index (χ4v) is 0.733. The van der Waals surface area contributed by atoms with Crippen molar-refractivity contribution in [3.8, 4) is 0 Å². The van der Waals surface area contributed by atoms with Gasteiger partial charge in [0.05, 0.1) is 7.11 Å². The molecular formula is C4H8N4O3. The monoisotopic (exact) mass is 160 g/mol. The van der Waals surface area contributed by atoms with E-state index in [1.807, 2.05) is 0 Å². The molecule has 0 aliphatic carbocycles. The highest BCUT2D eigenvalue weighted by molar-refractivity contribution is 5.71. The van der Waals surface area contributed by atoms with E-state index in [-0.39, 0.29) is 11.7 Å². The highest BCUT2D eigenvalue weighted by Crippen LogP contribution is 2.05. The lowest BCUT2D eigenvalue weighted by molar-refractivity contribution is -0.705. The second-order valence-corrected chi connectivity index (χ2v) is 1.91. The average Bonchev–Trinajstić information content (AvgIpc) is 2.17. The fourth-order valence-electron chi connectivity index (χ4n) is 0.733. The summed E-state index contributed by atoms with van der Waals surface area (Å²) in [6, 6.07) is 0. The van der Waals surface area contributed by atoms with Gasteiger partial charge in [-0.15, -0.1) is 5.06 Å². The molecule has 0 saturated carbocycles. The molecule has 11 heavy (non-hydrogen) atoms. The van der Waals surface area contributed by atoms with E-state index < -0.39 is 11.0 Å². The van der Waals surface area contributed by atoms with Crippen LogP contribution in [0.3, 0.4) is 0 Å². The first-order valence-corrected chi connectivity index (χ1v) is 2.75. The lowest BCUT2D eigenvalue weighted by Crippen LogP contribution is -3.08. The van der Waals surface area contributed by atoms with Crippen LogP contribution >= 0.6 is 0 Å². The van der Waals surface area contributed by atoms with Crippen LogP contribution in [0.25, 0.3) is 0 Å². The van der Waals surface area contributed by atoms with Crippen molar-refractivity contribution in [2.45, 2.75) is 0 Å². The van der Waals surface area contributed by atoms with E-state index in [1.54, 1.807) is 0 Å². The van der Waals surface area contributed by atoms with Crippen LogP contribution in [0.15, 0.2) is 11.7 Å². The molecule has 0 amide bonds. The summed E-state index contributed by atoms with van der Waals surface area (Å²) in [6.45, 7) is 0. The van der Waals surface area contributed by atoms with E-state index in [9.17, 15) is 5.21 Å². The van der Waals surface area contributed by atoms with E-state index >= 15 is 0 Å². The Balaban J connectivity index is 2.98. The number of ether oxygens (including phenoxy) is 1. The minimum atomic E-state index is -0.732. The van der Waals surface area contributed by atoms with E-state index in [0.717, 1.165) is 0 Å². The predicted molar refractivity (Wildman–Crippen MR) is 33.9 cm³/mol. The normalized spacial score (nSPS) is 24.8. The second-order valence-electron chi connectivity index (χ2n) is 1.91. The van der Waals surface area contributed by atoms with Gasteiger partial charge >= 0.3 is 11.8 Å². The molecule has 1 atom stereocenters. The third-order valence-corrected chi connectivity index (χ3v) is 1.29. The number of guanidine groups is 1. The molecule has 0 aromatic rings. The molecule has 0 fully saturated rings. The molecule has 0 spiro atoms. The minimum absolute atomic E-state index is 0.194. The van der Waals surface area contributed by atoms with Crippen LogP contribution in [0.5, 0.6) is 0 Å². The van der Waals surface area contributed by atoms with Crippen molar-refractivity contribution in [2.75, 3.05) is 7.11 Å². The van der Waals surface area contributed by atoms with Gasteiger partial charge in [-0.1, -0.05) is 0 Å². The topological polar surface area (TPSA) is 110 Å². The zero-order valence-electron chi connectivity index (χ0n) is 5.79. The van der Waals surface area contributed by atoms with E-state index in [4.69, 9.17) is 16.4 Å². The number of methoxy groups -OCH3 is 1. The molecule has 7 heteroatoms. The number of rotatable bonds is 1. The molecule has 1 aliphatic heterocycles. The van der Waals surface area contributed by atoms with Gasteiger partial charge in [0.2, 0.25) is 0 Å². The van der Waals surface area contributed by atoms with Gasteiger partial charge in [-0.2, -0.15) is 0 Å². The summed E-state index contributed by atoms with van der Waals surface area (Å²) in [5, 5.41) is 26.2. The standard InChI is InChI=1S/C4H8N4O3/c1-11-3-2(5)7(9)4(6)8(3)10/h6-7,10H,5H2,1H3. The lowest BCUT2D eigenvalue weighted by atomic mass is 10.7. The summed E-state index contributed by atoms with van der Waals surface area (Å²) in [5.74, 6) is -1.04. The molecule has 1 heterocycles. The van der Waals surface area contributed by atoms with E-state index in [1.165, 1.54) is 7.11 Å². The Morgan fingerprint density at radius 3 is 2.55 bits per heavy atom. The molecule has 0 radical (unpaired) electrons. The molecule has 0 bridgehead atoms. The van der Waals surface area contributed by atoms with Gasteiger partial charge in [0.25, 0.3) is 5.82 Å². The van der Waals surface area contributed by atoms with Gasteiger partial charge in [-0.25, -0.2) is 5.41 Å².